The van der Waals surface area contributed by atoms with E-state index in [2.05, 4.69) is 52.3 Å². The van der Waals surface area contributed by atoms with Crippen LogP contribution in [0.5, 0.6) is 5.75 Å². The average molecular weight is 355 g/mol. The molecule has 2 atom stereocenters. The SMILES string of the molecule is CNC(C)c1cc(Br)ccc1OCCC1CCCCN1C. The number of nitrogens with one attached hydrogen (secondary N) is 1. The van der Waals surface area contributed by atoms with Crippen LogP contribution in [0.1, 0.15) is 44.2 Å². The molecule has 1 heterocycles. The van der Waals surface area contributed by atoms with Gasteiger partial charge in [-0.3, -0.25) is 0 Å². The van der Waals surface area contributed by atoms with Crippen LogP contribution in [0.25, 0.3) is 0 Å². The van der Waals surface area contributed by atoms with Gasteiger partial charge in [-0.25, -0.2) is 0 Å². The molecule has 1 aliphatic rings. The molecule has 0 bridgehead atoms. The largest absolute Gasteiger partial charge is 0.493 e. The molecule has 3 nitrogen and oxygen atoms in total. The fourth-order valence-corrected chi connectivity index (χ4v) is 3.34. The maximum Gasteiger partial charge on any atom is 0.124 e. The van der Waals surface area contributed by atoms with Crippen LogP contribution in [0.4, 0.5) is 0 Å². The molecule has 4 heteroatoms. The quantitative estimate of drug-likeness (QED) is 0.835. The Balaban J connectivity index is 1.93. The number of rotatable bonds is 6. The monoisotopic (exact) mass is 354 g/mol. The molecule has 0 aromatic heterocycles. The average Bonchev–Trinajstić information content (AvgIpc) is 2.49. The van der Waals surface area contributed by atoms with Crippen molar-refractivity contribution < 1.29 is 4.74 Å². The van der Waals surface area contributed by atoms with Gasteiger partial charge in [-0.2, -0.15) is 0 Å². The molecular weight excluding hydrogens is 328 g/mol. The summed E-state index contributed by atoms with van der Waals surface area (Å²) in [6.45, 7) is 4.18. The summed E-state index contributed by atoms with van der Waals surface area (Å²) in [5, 5.41) is 3.29. The molecule has 0 saturated carbocycles. The standard InChI is InChI=1S/C17H27BrN2O/c1-13(19-2)16-12-14(18)7-8-17(16)21-11-9-15-6-4-5-10-20(15)3/h7-8,12-13,15,19H,4-6,9-11H2,1-3H3. The first-order chi connectivity index (χ1) is 10.1. The number of benzene rings is 1. The molecule has 2 unspecified atom stereocenters. The summed E-state index contributed by atoms with van der Waals surface area (Å²) >= 11 is 3.54. The third-order valence-corrected chi connectivity index (χ3v) is 4.99. The molecule has 0 amide bonds. The van der Waals surface area contributed by atoms with Crippen molar-refractivity contribution in [2.75, 3.05) is 27.2 Å². The highest BCUT2D eigenvalue weighted by atomic mass is 79.9. The Hall–Kier alpha value is -0.580. The number of ether oxygens (including phenoxy) is 1. The molecule has 1 aromatic carbocycles. The second-order valence-corrected chi connectivity index (χ2v) is 6.88. The van der Waals surface area contributed by atoms with Crippen molar-refractivity contribution in [2.45, 2.75) is 44.7 Å². The molecule has 1 fully saturated rings. The number of likely N-dealkylation sites (tertiary alicyclic amines) is 1. The zero-order valence-corrected chi connectivity index (χ0v) is 14.9. The van der Waals surface area contributed by atoms with Crippen molar-refractivity contribution in [3.05, 3.63) is 28.2 Å². The number of hydrogen-bond acceptors (Lipinski definition) is 3. The first kappa shape index (κ1) is 16.8. The molecule has 21 heavy (non-hydrogen) atoms. The molecule has 1 saturated heterocycles. The first-order valence-corrected chi connectivity index (χ1v) is 8.71. The molecule has 118 valence electrons. The summed E-state index contributed by atoms with van der Waals surface area (Å²) in [5.74, 6) is 0.999. The van der Waals surface area contributed by atoms with Crippen LogP contribution >= 0.6 is 15.9 Å². The van der Waals surface area contributed by atoms with E-state index in [9.17, 15) is 0 Å². The van der Waals surface area contributed by atoms with Crippen LogP contribution in [-0.4, -0.2) is 38.2 Å². The van der Waals surface area contributed by atoms with Crippen LogP contribution in [0.3, 0.4) is 0 Å². The number of piperidine rings is 1. The van der Waals surface area contributed by atoms with Crippen molar-refractivity contribution in [1.29, 1.82) is 0 Å². The van der Waals surface area contributed by atoms with Gasteiger partial charge in [-0.05, 0) is 65.0 Å². The Labute approximate surface area is 137 Å². The van der Waals surface area contributed by atoms with E-state index in [1.807, 2.05) is 13.1 Å². The lowest BCUT2D eigenvalue weighted by Gasteiger charge is -2.32. The van der Waals surface area contributed by atoms with E-state index in [0.29, 0.717) is 6.04 Å². The molecule has 0 spiro atoms. The topological polar surface area (TPSA) is 24.5 Å². The van der Waals surface area contributed by atoms with Gasteiger partial charge in [0.1, 0.15) is 5.75 Å². The van der Waals surface area contributed by atoms with E-state index in [1.54, 1.807) is 0 Å². The fraction of sp³-hybridized carbons (Fsp3) is 0.647. The lowest BCUT2D eigenvalue weighted by Crippen LogP contribution is -2.37. The van der Waals surface area contributed by atoms with Crippen LogP contribution in [0, 0.1) is 0 Å². The van der Waals surface area contributed by atoms with Crippen molar-refractivity contribution in [3.63, 3.8) is 0 Å². The predicted molar refractivity (Wildman–Crippen MR) is 92.0 cm³/mol. The van der Waals surface area contributed by atoms with Gasteiger partial charge >= 0.3 is 0 Å². The summed E-state index contributed by atoms with van der Waals surface area (Å²) in [5.41, 5.74) is 1.21. The van der Waals surface area contributed by atoms with Gasteiger partial charge in [0, 0.05) is 22.1 Å². The smallest absolute Gasteiger partial charge is 0.124 e. The minimum atomic E-state index is 0.287. The molecule has 2 rings (SSSR count). The van der Waals surface area contributed by atoms with Gasteiger partial charge in [-0.15, -0.1) is 0 Å². The molecule has 1 aliphatic heterocycles. The summed E-state index contributed by atoms with van der Waals surface area (Å²) in [6.07, 6.45) is 5.11. The van der Waals surface area contributed by atoms with Gasteiger partial charge in [0.15, 0.2) is 0 Å². The van der Waals surface area contributed by atoms with Gasteiger partial charge in [0.25, 0.3) is 0 Å². The summed E-state index contributed by atoms with van der Waals surface area (Å²) in [6, 6.07) is 7.23. The van der Waals surface area contributed by atoms with E-state index in [0.717, 1.165) is 23.2 Å². The zero-order valence-electron chi connectivity index (χ0n) is 13.4. The lowest BCUT2D eigenvalue weighted by atomic mass is 10.0. The highest BCUT2D eigenvalue weighted by molar-refractivity contribution is 9.10. The van der Waals surface area contributed by atoms with Crippen LogP contribution in [-0.2, 0) is 0 Å². The van der Waals surface area contributed by atoms with Crippen molar-refractivity contribution in [1.82, 2.24) is 10.2 Å². The summed E-state index contributed by atoms with van der Waals surface area (Å²) < 4.78 is 7.17. The lowest BCUT2D eigenvalue weighted by molar-refractivity contribution is 0.152. The van der Waals surface area contributed by atoms with Crippen molar-refractivity contribution in [3.8, 4) is 5.75 Å². The van der Waals surface area contributed by atoms with Crippen LogP contribution in [0.15, 0.2) is 22.7 Å². The maximum absolute atomic E-state index is 6.08. The van der Waals surface area contributed by atoms with E-state index in [4.69, 9.17) is 4.74 Å². The molecule has 0 aliphatic carbocycles. The second kappa shape index (κ2) is 8.16. The zero-order chi connectivity index (χ0) is 15.2. The maximum atomic E-state index is 6.08. The Kier molecular flexibility index (Phi) is 6.52. The van der Waals surface area contributed by atoms with Gasteiger partial charge in [0.2, 0.25) is 0 Å². The van der Waals surface area contributed by atoms with Crippen molar-refractivity contribution >= 4 is 15.9 Å². The Morgan fingerprint density at radius 2 is 2.24 bits per heavy atom. The molecule has 1 aromatic rings. The number of hydrogen-bond donors (Lipinski definition) is 1. The minimum Gasteiger partial charge on any atom is -0.493 e. The normalized spacial score (nSPS) is 21.2. The molecule has 0 radical (unpaired) electrons. The number of nitrogens with zero attached hydrogens (tertiary/aromatic N) is 1. The van der Waals surface area contributed by atoms with Gasteiger partial charge in [-0.1, -0.05) is 22.4 Å². The highest BCUT2D eigenvalue weighted by Crippen LogP contribution is 2.29. The third-order valence-electron chi connectivity index (χ3n) is 4.50. The van der Waals surface area contributed by atoms with Gasteiger partial charge in [0.05, 0.1) is 6.61 Å². The predicted octanol–water partition coefficient (Wildman–Crippen LogP) is 3.98. The second-order valence-electron chi connectivity index (χ2n) is 5.96. The van der Waals surface area contributed by atoms with Crippen LogP contribution < -0.4 is 10.1 Å². The van der Waals surface area contributed by atoms with E-state index < -0.39 is 0 Å². The Morgan fingerprint density at radius 3 is 2.95 bits per heavy atom. The third kappa shape index (κ3) is 4.70. The highest BCUT2D eigenvalue weighted by Gasteiger charge is 2.19. The van der Waals surface area contributed by atoms with E-state index in [1.165, 1.54) is 31.4 Å². The minimum absolute atomic E-state index is 0.287. The summed E-state index contributed by atoms with van der Waals surface area (Å²) in [7, 11) is 4.21. The van der Waals surface area contributed by atoms with Crippen molar-refractivity contribution in [2.24, 2.45) is 0 Å². The number of halogens is 1. The van der Waals surface area contributed by atoms with Crippen LogP contribution in [0.2, 0.25) is 0 Å². The van der Waals surface area contributed by atoms with E-state index in [-0.39, 0.29) is 6.04 Å². The Bertz CT molecular complexity index is 452. The molecule has 1 N–H and O–H groups in total. The van der Waals surface area contributed by atoms with Gasteiger partial charge < -0.3 is 15.0 Å². The van der Waals surface area contributed by atoms with E-state index >= 15 is 0 Å². The Morgan fingerprint density at radius 1 is 1.43 bits per heavy atom. The summed E-state index contributed by atoms with van der Waals surface area (Å²) in [4.78, 5) is 2.48. The molecular formula is C17H27BrN2O. The first-order valence-electron chi connectivity index (χ1n) is 7.91. The fourth-order valence-electron chi connectivity index (χ4n) is 2.96.